The molecule has 0 aromatic heterocycles. The van der Waals surface area contributed by atoms with Gasteiger partial charge >= 0.3 is 0 Å². The Morgan fingerprint density at radius 2 is 1.95 bits per heavy atom. The van der Waals surface area contributed by atoms with Crippen molar-refractivity contribution in [2.45, 2.75) is 49.8 Å². The van der Waals surface area contributed by atoms with E-state index in [0.717, 1.165) is 24.9 Å². The van der Waals surface area contributed by atoms with Gasteiger partial charge in [-0.1, -0.05) is 12.1 Å². The van der Waals surface area contributed by atoms with Crippen molar-refractivity contribution in [1.29, 1.82) is 0 Å². The molecule has 20 heavy (non-hydrogen) atoms. The molecule has 2 rings (SSSR count). The fourth-order valence-electron chi connectivity index (χ4n) is 2.47. The number of sulfone groups is 1. The normalized spacial score (nSPS) is 24.8. The predicted molar refractivity (Wildman–Crippen MR) is 79.5 cm³/mol. The SMILES string of the molecule is CC1CCC(CNC(C)c2ccc(S(C)(=O)=O)cc2)O1. The number of ether oxygens (including phenoxy) is 1. The van der Waals surface area contributed by atoms with Gasteiger partial charge in [0.1, 0.15) is 0 Å². The lowest BCUT2D eigenvalue weighted by Gasteiger charge is -2.18. The van der Waals surface area contributed by atoms with Crippen molar-refractivity contribution in [1.82, 2.24) is 5.32 Å². The van der Waals surface area contributed by atoms with E-state index in [-0.39, 0.29) is 6.04 Å². The van der Waals surface area contributed by atoms with Gasteiger partial charge in [-0.25, -0.2) is 8.42 Å². The molecule has 1 fully saturated rings. The molecule has 5 heteroatoms. The van der Waals surface area contributed by atoms with Crippen LogP contribution >= 0.6 is 0 Å². The Labute approximate surface area is 121 Å². The van der Waals surface area contributed by atoms with E-state index in [2.05, 4.69) is 19.2 Å². The summed E-state index contributed by atoms with van der Waals surface area (Å²) in [6.07, 6.45) is 4.12. The van der Waals surface area contributed by atoms with Gasteiger partial charge in [-0.2, -0.15) is 0 Å². The van der Waals surface area contributed by atoms with Crippen LogP contribution in [0.3, 0.4) is 0 Å². The van der Waals surface area contributed by atoms with E-state index in [0.29, 0.717) is 17.1 Å². The first-order valence-electron chi connectivity index (χ1n) is 7.05. The molecule has 3 unspecified atom stereocenters. The van der Waals surface area contributed by atoms with Crippen LogP contribution in [0.1, 0.15) is 38.3 Å². The number of nitrogens with one attached hydrogen (secondary N) is 1. The predicted octanol–water partition coefficient (Wildman–Crippen LogP) is 2.31. The number of hydrogen-bond donors (Lipinski definition) is 1. The lowest BCUT2D eigenvalue weighted by atomic mass is 10.1. The van der Waals surface area contributed by atoms with Gasteiger partial charge in [0, 0.05) is 18.8 Å². The van der Waals surface area contributed by atoms with Crippen molar-refractivity contribution < 1.29 is 13.2 Å². The first-order valence-corrected chi connectivity index (χ1v) is 8.94. The molecule has 0 spiro atoms. The molecule has 1 saturated heterocycles. The molecule has 0 bridgehead atoms. The highest BCUT2D eigenvalue weighted by molar-refractivity contribution is 7.90. The van der Waals surface area contributed by atoms with Crippen molar-refractivity contribution in [3.63, 3.8) is 0 Å². The van der Waals surface area contributed by atoms with E-state index < -0.39 is 9.84 Å². The Morgan fingerprint density at radius 3 is 2.45 bits per heavy atom. The zero-order chi connectivity index (χ0) is 14.8. The number of benzene rings is 1. The Bertz CT molecular complexity index is 539. The van der Waals surface area contributed by atoms with Crippen molar-refractivity contribution in [2.75, 3.05) is 12.8 Å². The third-order valence-electron chi connectivity index (χ3n) is 3.78. The summed E-state index contributed by atoms with van der Waals surface area (Å²) in [6, 6.07) is 7.25. The fourth-order valence-corrected chi connectivity index (χ4v) is 3.10. The molecule has 112 valence electrons. The second-order valence-corrected chi connectivity index (χ2v) is 7.63. The standard InChI is InChI=1S/C15H23NO3S/c1-11-4-7-14(19-11)10-16-12(2)13-5-8-15(9-6-13)20(3,17)18/h5-6,8-9,11-12,14,16H,4,7,10H2,1-3H3. The molecule has 0 aliphatic carbocycles. The summed E-state index contributed by atoms with van der Waals surface area (Å²) in [5.41, 5.74) is 1.09. The maximum Gasteiger partial charge on any atom is 0.175 e. The summed E-state index contributed by atoms with van der Waals surface area (Å²) in [5.74, 6) is 0. The van der Waals surface area contributed by atoms with Crippen LogP contribution in [0.2, 0.25) is 0 Å². The summed E-state index contributed by atoms with van der Waals surface area (Å²) in [5, 5.41) is 3.45. The average molecular weight is 297 g/mol. The van der Waals surface area contributed by atoms with Gasteiger partial charge in [-0.3, -0.25) is 0 Å². The highest BCUT2D eigenvalue weighted by Crippen LogP contribution is 2.20. The smallest absolute Gasteiger partial charge is 0.175 e. The molecular weight excluding hydrogens is 274 g/mol. The van der Waals surface area contributed by atoms with Crippen LogP contribution in [0.5, 0.6) is 0 Å². The highest BCUT2D eigenvalue weighted by Gasteiger charge is 2.22. The van der Waals surface area contributed by atoms with Gasteiger partial charge in [0.25, 0.3) is 0 Å². The second kappa shape index (κ2) is 6.24. The van der Waals surface area contributed by atoms with E-state index in [1.807, 2.05) is 12.1 Å². The maximum atomic E-state index is 11.4. The van der Waals surface area contributed by atoms with E-state index in [9.17, 15) is 8.42 Å². The van der Waals surface area contributed by atoms with E-state index in [4.69, 9.17) is 4.74 Å². The minimum Gasteiger partial charge on any atom is -0.374 e. The van der Waals surface area contributed by atoms with E-state index >= 15 is 0 Å². The second-order valence-electron chi connectivity index (χ2n) is 5.62. The van der Waals surface area contributed by atoms with Crippen LogP contribution in [0.25, 0.3) is 0 Å². The average Bonchev–Trinajstić information content (AvgIpc) is 2.81. The topological polar surface area (TPSA) is 55.4 Å². The van der Waals surface area contributed by atoms with Crippen LogP contribution in [0, 0.1) is 0 Å². The monoisotopic (exact) mass is 297 g/mol. The van der Waals surface area contributed by atoms with Gasteiger partial charge in [0.15, 0.2) is 9.84 Å². The van der Waals surface area contributed by atoms with Gasteiger partial charge < -0.3 is 10.1 Å². The largest absolute Gasteiger partial charge is 0.374 e. The van der Waals surface area contributed by atoms with E-state index in [1.165, 1.54) is 6.26 Å². The zero-order valence-electron chi connectivity index (χ0n) is 12.3. The molecular formula is C15H23NO3S. The number of rotatable bonds is 5. The molecule has 3 atom stereocenters. The lowest BCUT2D eigenvalue weighted by molar-refractivity contribution is 0.0546. The van der Waals surface area contributed by atoms with Crippen molar-refractivity contribution >= 4 is 9.84 Å². The minimum absolute atomic E-state index is 0.183. The molecule has 0 saturated carbocycles. The summed E-state index contributed by atoms with van der Waals surface area (Å²) >= 11 is 0. The van der Waals surface area contributed by atoms with Gasteiger partial charge in [-0.15, -0.1) is 0 Å². The summed E-state index contributed by atoms with van der Waals surface area (Å²) in [4.78, 5) is 0.362. The molecule has 1 N–H and O–H groups in total. The fraction of sp³-hybridized carbons (Fsp3) is 0.600. The minimum atomic E-state index is -3.12. The van der Waals surface area contributed by atoms with Crippen LogP contribution in [-0.4, -0.2) is 33.4 Å². The first-order chi connectivity index (χ1) is 9.36. The molecule has 1 aliphatic rings. The lowest BCUT2D eigenvalue weighted by Crippen LogP contribution is -2.29. The summed E-state index contributed by atoms with van der Waals surface area (Å²) < 4.78 is 28.6. The van der Waals surface area contributed by atoms with E-state index in [1.54, 1.807) is 12.1 Å². The third-order valence-corrected chi connectivity index (χ3v) is 4.91. The highest BCUT2D eigenvalue weighted by atomic mass is 32.2. The quantitative estimate of drug-likeness (QED) is 0.906. The molecule has 0 amide bonds. The Hall–Kier alpha value is -0.910. The molecule has 1 aliphatic heterocycles. The Kier molecular flexibility index (Phi) is 4.83. The molecule has 0 radical (unpaired) electrons. The molecule has 1 heterocycles. The van der Waals surface area contributed by atoms with Crippen molar-refractivity contribution in [3.05, 3.63) is 29.8 Å². The van der Waals surface area contributed by atoms with Crippen LogP contribution in [-0.2, 0) is 14.6 Å². The van der Waals surface area contributed by atoms with Gasteiger partial charge in [0.2, 0.25) is 0 Å². The molecule has 1 aromatic carbocycles. The van der Waals surface area contributed by atoms with Crippen LogP contribution in [0.15, 0.2) is 29.2 Å². The van der Waals surface area contributed by atoms with Gasteiger partial charge in [-0.05, 0) is 44.4 Å². The van der Waals surface area contributed by atoms with Crippen molar-refractivity contribution in [2.24, 2.45) is 0 Å². The zero-order valence-corrected chi connectivity index (χ0v) is 13.1. The van der Waals surface area contributed by atoms with Gasteiger partial charge in [0.05, 0.1) is 17.1 Å². The number of hydrogen-bond acceptors (Lipinski definition) is 4. The summed E-state index contributed by atoms with van der Waals surface area (Å²) in [7, 11) is -3.12. The summed E-state index contributed by atoms with van der Waals surface area (Å²) in [6.45, 7) is 5.01. The van der Waals surface area contributed by atoms with Crippen LogP contribution in [0.4, 0.5) is 0 Å². The molecule has 4 nitrogen and oxygen atoms in total. The van der Waals surface area contributed by atoms with Crippen molar-refractivity contribution in [3.8, 4) is 0 Å². The Balaban J connectivity index is 1.91. The third kappa shape index (κ3) is 4.04. The van der Waals surface area contributed by atoms with Crippen LogP contribution < -0.4 is 5.32 Å². The molecule has 1 aromatic rings. The maximum absolute atomic E-state index is 11.4. The Morgan fingerprint density at radius 1 is 1.30 bits per heavy atom. The first kappa shape index (κ1) is 15.5.